The molecule has 2 aromatic rings. The van der Waals surface area contributed by atoms with E-state index < -0.39 is 6.10 Å². The third-order valence-corrected chi connectivity index (χ3v) is 5.64. The van der Waals surface area contributed by atoms with Gasteiger partial charge in [0, 0.05) is 39.4 Å². The fourth-order valence-electron chi connectivity index (χ4n) is 4.19. The van der Waals surface area contributed by atoms with E-state index in [0.717, 1.165) is 43.9 Å². The summed E-state index contributed by atoms with van der Waals surface area (Å²) in [5.41, 5.74) is 3.50. The van der Waals surface area contributed by atoms with Gasteiger partial charge in [0.05, 0.1) is 12.2 Å². The molecule has 1 saturated heterocycles. The van der Waals surface area contributed by atoms with Crippen LogP contribution in [-0.4, -0.2) is 50.6 Å². The molecule has 0 N–H and O–H groups in total. The summed E-state index contributed by atoms with van der Waals surface area (Å²) < 4.78 is 6.15. The molecule has 1 amide bonds. The van der Waals surface area contributed by atoms with E-state index in [4.69, 9.17) is 4.74 Å². The van der Waals surface area contributed by atoms with Gasteiger partial charge in [-0.2, -0.15) is 0 Å². The van der Waals surface area contributed by atoms with Crippen LogP contribution in [0.5, 0.6) is 5.75 Å². The van der Waals surface area contributed by atoms with Gasteiger partial charge in [-0.1, -0.05) is 30.3 Å². The molecule has 0 spiro atoms. The van der Waals surface area contributed by atoms with E-state index in [1.807, 2.05) is 23.1 Å². The molecule has 1 unspecified atom stereocenters. The van der Waals surface area contributed by atoms with Gasteiger partial charge in [0.2, 0.25) is 0 Å². The van der Waals surface area contributed by atoms with Gasteiger partial charge in [-0.3, -0.25) is 4.79 Å². The summed E-state index contributed by atoms with van der Waals surface area (Å²) in [5, 5.41) is 0. The van der Waals surface area contributed by atoms with Crippen LogP contribution in [0.4, 0.5) is 11.4 Å². The number of piperidine rings is 1. The number of carbonyl (C=O) groups excluding carboxylic acids is 1. The Bertz CT molecular complexity index is 830. The number of anilines is 2. The molecule has 5 nitrogen and oxygen atoms in total. The highest BCUT2D eigenvalue weighted by atomic mass is 16.5. The molecule has 2 aliphatic rings. The maximum absolute atomic E-state index is 13.1. The summed E-state index contributed by atoms with van der Waals surface area (Å²) in [6.45, 7) is 3.03. The van der Waals surface area contributed by atoms with E-state index in [0.29, 0.717) is 6.54 Å². The topological polar surface area (TPSA) is 36.0 Å². The zero-order chi connectivity index (χ0) is 19.5. The van der Waals surface area contributed by atoms with Gasteiger partial charge in [-0.05, 0) is 43.0 Å². The zero-order valence-electron chi connectivity index (χ0n) is 16.8. The van der Waals surface area contributed by atoms with Crippen molar-refractivity contribution in [2.24, 2.45) is 0 Å². The largest absolute Gasteiger partial charge is 0.477 e. The highest BCUT2D eigenvalue weighted by Gasteiger charge is 2.34. The molecule has 2 heterocycles. The molecule has 148 valence electrons. The van der Waals surface area contributed by atoms with Crippen molar-refractivity contribution >= 4 is 17.3 Å². The number of amides is 1. The smallest absolute Gasteiger partial charge is 0.265 e. The number of carbonyl (C=O) groups is 1. The van der Waals surface area contributed by atoms with Crippen LogP contribution >= 0.6 is 0 Å². The molecule has 5 heteroatoms. The summed E-state index contributed by atoms with van der Waals surface area (Å²) in [6.07, 6.45) is 2.95. The Kier molecular flexibility index (Phi) is 5.42. The number of rotatable bonds is 4. The lowest BCUT2D eigenvalue weighted by Crippen LogP contribution is -2.51. The van der Waals surface area contributed by atoms with Crippen molar-refractivity contribution < 1.29 is 9.53 Å². The van der Waals surface area contributed by atoms with Crippen LogP contribution in [0.1, 0.15) is 24.8 Å². The van der Waals surface area contributed by atoms with Gasteiger partial charge < -0.3 is 19.4 Å². The van der Waals surface area contributed by atoms with Crippen molar-refractivity contribution in [3.63, 3.8) is 0 Å². The van der Waals surface area contributed by atoms with Gasteiger partial charge in [0.1, 0.15) is 5.75 Å². The van der Waals surface area contributed by atoms with Gasteiger partial charge in [0.15, 0.2) is 6.10 Å². The van der Waals surface area contributed by atoms with Crippen molar-refractivity contribution in [3.8, 4) is 5.75 Å². The third kappa shape index (κ3) is 3.79. The van der Waals surface area contributed by atoms with Crippen molar-refractivity contribution in [3.05, 3.63) is 54.1 Å². The average Bonchev–Trinajstić information content (AvgIpc) is 2.74. The Morgan fingerprint density at radius 3 is 2.54 bits per heavy atom. The van der Waals surface area contributed by atoms with E-state index in [2.05, 4.69) is 54.2 Å². The van der Waals surface area contributed by atoms with Crippen LogP contribution in [0.15, 0.2) is 48.5 Å². The van der Waals surface area contributed by atoms with Crippen LogP contribution in [0.2, 0.25) is 0 Å². The summed E-state index contributed by atoms with van der Waals surface area (Å²) in [6, 6.07) is 16.5. The Labute approximate surface area is 167 Å². The first-order chi connectivity index (χ1) is 13.6. The lowest BCUT2D eigenvalue weighted by atomic mass is 10.1. The number of hydrogen-bond donors (Lipinski definition) is 0. The van der Waals surface area contributed by atoms with E-state index in [1.54, 1.807) is 0 Å². The quantitative estimate of drug-likeness (QED) is 0.814. The van der Waals surface area contributed by atoms with Crippen molar-refractivity contribution in [2.45, 2.75) is 31.9 Å². The van der Waals surface area contributed by atoms with Gasteiger partial charge >= 0.3 is 0 Å². The minimum Gasteiger partial charge on any atom is -0.477 e. The maximum Gasteiger partial charge on any atom is 0.265 e. The van der Waals surface area contributed by atoms with Crippen LogP contribution in [0, 0.1) is 0 Å². The second-order valence-corrected chi connectivity index (χ2v) is 7.86. The summed E-state index contributed by atoms with van der Waals surface area (Å²) in [5.74, 6) is 0.923. The predicted molar refractivity (Wildman–Crippen MR) is 113 cm³/mol. The van der Waals surface area contributed by atoms with Gasteiger partial charge in [-0.15, -0.1) is 0 Å². The summed E-state index contributed by atoms with van der Waals surface area (Å²) >= 11 is 0. The van der Waals surface area contributed by atoms with E-state index in [-0.39, 0.29) is 5.91 Å². The van der Waals surface area contributed by atoms with Crippen LogP contribution in [-0.2, 0) is 11.3 Å². The fourth-order valence-corrected chi connectivity index (χ4v) is 4.19. The normalized spacial score (nSPS) is 19.0. The molecule has 1 fully saturated rings. The number of likely N-dealkylation sites (tertiary alicyclic amines) is 1. The predicted octanol–water partition coefficient (Wildman–Crippen LogP) is 3.53. The molecule has 4 rings (SSSR count). The number of para-hydroxylation sites is 3. The van der Waals surface area contributed by atoms with Gasteiger partial charge in [0.25, 0.3) is 5.91 Å². The number of ether oxygens (including phenoxy) is 1. The van der Waals surface area contributed by atoms with E-state index in [9.17, 15) is 4.79 Å². The zero-order valence-corrected chi connectivity index (χ0v) is 16.8. The second kappa shape index (κ2) is 8.13. The molecular formula is C23H29N3O2. The second-order valence-electron chi connectivity index (χ2n) is 7.86. The molecule has 2 aromatic carbocycles. The molecular weight excluding hydrogens is 350 g/mol. The number of fused-ring (bicyclic) bond motifs is 1. The molecule has 0 radical (unpaired) electrons. The Morgan fingerprint density at radius 1 is 1.04 bits per heavy atom. The van der Waals surface area contributed by atoms with E-state index in [1.165, 1.54) is 17.7 Å². The minimum atomic E-state index is -0.445. The molecule has 0 aromatic heterocycles. The van der Waals surface area contributed by atoms with Crippen LogP contribution in [0.25, 0.3) is 0 Å². The lowest BCUT2D eigenvalue weighted by Gasteiger charge is -2.38. The maximum atomic E-state index is 13.1. The first-order valence-electron chi connectivity index (χ1n) is 10.2. The fraction of sp³-hybridized carbons (Fsp3) is 0.435. The van der Waals surface area contributed by atoms with E-state index >= 15 is 0 Å². The molecule has 0 aliphatic carbocycles. The minimum absolute atomic E-state index is 0.125. The highest BCUT2D eigenvalue weighted by Crippen LogP contribution is 2.35. The first kappa shape index (κ1) is 18.7. The average molecular weight is 380 g/mol. The van der Waals surface area contributed by atoms with Gasteiger partial charge in [-0.25, -0.2) is 0 Å². The number of nitrogens with zero attached hydrogens (tertiary/aromatic N) is 3. The van der Waals surface area contributed by atoms with Crippen molar-refractivity contribution in [1.29, 1.82) is 0 Å². The van der Waals surface area contributed by atoms with Crippen LogP contribution < -0.4 is 14.5 Å². The molecule has 0 bridgehead atoms. The Hall–Kier alpha value is -2.69. The molecule has 1 atom stereocenters. The number of hydrogen-bond acceptors (Lipinski definition) is 4. The summed E-state index contributed by atoms with van der Waals surface area (Å²) in [7, 11) is 4.13. The van der Waals surface area contributed by atoms with Crippen LogP contribution in [0.3, 0.4) is 0 Å². The standard InChI is InChI=1S/C23H29N3O2/c1-24(2)19-11-5-4-10-18(19)16-26-17-22(23(27)25-14-8-3-9-15-25)28-21-13-7-6-12-20(21)26/h4-7,10-13,22H,3,8-9,14-17H2,1-2H3. The lowest BCUT2D eigenvalue weighted by molar-refractivity contribution is -0.139. The highest BCUT2D eigenvalue weighted by molar-refractivity contribution is 5.83. The molecule has 2 aliphatic heterocycles. The molecule has 0 saturated carbocycles. The number of benzene rings is 2. The Morgan fingerprint density at radius 2 is 1.75 bits per heavy atom. The third-order valence-electron chi connectivity index (χ3n) is 5.64. The Balaban J connectivity index is 1.60. The first-order valence-corrected chi connectivity index (χ1v) is 10.2. The van der Waals surface area contributed by atoms with Crippen molar-refractivity contribution in [1.82, 2.24) is 4.90 Å². The van der Waals surface area contributed by atoms with Crippen molar-refractivity contribution in [2.75, 3.05) is 43.5 Å². The SMILES string of the molecule is CN(C)c1ccccc1CN1CC(C(=O)N2CCCCC2)Oc2ccccc21. The summed E-state index contributed by atoms with van der Waals surface area (Å²) in [4.78, 5) is 19.5. The molecule has 28 heavy (non-hydrogen) atoms. The monoisotopic (exact) mass is 379 g/mol.